The van der Waals surface area contributed by atoms with Crippen LogP contribution in [0.15, 0.2) is 48.5 Å². The Bertz CT molecular complexity index is 732. The number of anilines is 1. The van der Waals surface area contributed by atoms with E-state index in [4.69, 9.17) is 0 Å². The Hall–Kier alpha value is -2.73. The van der Waals surface area contributed by atoms with Crippen molar-refractivity contribution >= 4 is 17.5 Å². The van der Waals surface area contributed by atoms with Crippen LogP contribution in [0.5, 0.6) is 0 Å². The number of carbonyl (C=O) groups excluding carboxylic acids is 2. The molecule has 0 saturated heterocycles. The normalized spacial score (nSPS) is 11.7. The quantitative estimate of drug-likeness (QED) is 0.885. The minimum atomic E-state index is -0.936. The zero-order chi connectivity index (χ0) is 17.7. The maximum atomic E-state index is 13.7. The molecule has 0 aliphatic heterocycles. The average molecular weight is 330 g/mol. The van der Waals surface area contributed by atoms with E-state index in [0.717, 1.165) is 6.07 Å². The maximum absolute atomic E-state index is 13.7. The second-order valence-corrected chi connectivity index (χ2v) is 5.57. The fourth-order valence-corrected chi connectivity index (χ4v) is 2.19. The molecule has 2 aromatic rings. The maximum Gasteiger partial charge on any atom is 0.256 e. The van der Waals surface area contributed by atoms with Gasteiger partial charge in [0.2, 0.25) is 5.91 Å². The van der Waals surface area contributed by atoms with Gasteiger partial charge in [0.05, 0.1) is 18.1 Å². The van der Waals surface area contributed by atoms with Crippen molar-refractivity contribution in [3.8, 4) is 0 Å². The number of nitrogens with one attached hydrogen (secondary N) is 1. The van der Waals surface area contributed by atoms with E-state index in [1.807, 2.05) is 6.07 Å². The summed E-state index contributed by atoms with van der Waals surface area (Å²) in [4.78, 5) is 25.2. The van der Waals surface area contributed by atoms with Crippen molar-refractivity contribution in [1.82, 2.24) is 4.90 Å². The summed E-state index contributed by atoms with van der Waals surface area (Å²) in [5.41, 5.74) is 0.809. The van der Waals surface area contributed by atoms with Crippen LogP contribution in [-0.2, 0) is 4.79 Å². The highest BCUT2D eigenvalue weighted by atomic mass is 19.1. The molecule has 1 unspecified atom stereocenters. The van der Waals surface area contributed by atoms with Crippen molar-refractivity contribution in [2.75, 3.05) is 19.4 Å². The minimum Gasteiger partial charge on any atom is -0.388 e. The molecule has 24 heavy (non-hydrogen) atoms. The molecule has 6 heteroatoms. The van der Waals surface area contributed by atoms with Gasteiger partial charge >= 0.3 is 0 Å². The van der Waals surface area contributed by atoms with Crippen molar-refractivity contribution in [1.29, 1.82) is 0 Å². The number of nitrogens with zero attached hydrogens (tertiary/aromatic N) is 1. The first-order valence-corrected chi connectivity index (χ1v) is 7.42. The zero-order valence-electron chi connectivity index (χ0n) is 13.5. The van der Waals surface area contributed by atoms with Gasteiger partial charge < -0.3 is 15.3 Å². The van der Waals surface area contributed by atoms with E-state index in [0.29, 0.717) is 11.3 Å². The fraction of sp³-hybridized carbons (Fsp3) is 0.222. The minimum absolute atomic E-state index is 0.124. The molecule has 0 radical (unpaired) electrons. The number of halogens is 1. The summed E-state index contributed by atoms with van der Waals surface area (Å²) >= 11 is 0. The third-order valence-corrected chi connectivity index (χ3v) is 3.45. The Kier molecular flexibility index (Phi) is 5.65. The molecule has 0 heterocycles. The van der Waals surface area contributed by atoms with E-state index in [1.165, 1.54) is 31.1 Å². The summed E-state index contributed by atoms with van der Waals surface area (Å²) in [6.07, 6.45) is -1.08. The Morgan fingerprint density at radius 3 is 2.46 bits per heavy atom. The Morgan fingerprint density at radius 1 is 1.17 bits per heavy atom. The third kappa shape index (κ3) is 4.39. The molecule has 0 aromatic heterocycles. The molecule has 0 aliphatic carbocycles. The standard InChI is InChI=1S/C18H19FN2O3/c1-21(2)18(24)14-10-13(8-9-15(14)19)20-17(23)11-16(22)12-6-4-3-5-7-12/h3-10,16,22H,11H2,1-2H3,(H,20,23). The van der Waals surface area contributed by atoms with Gasteiger partial charge in [-0.05, 0) is 23.8 Å². The largest absolute Gasteiger partial charge is 0.388 e. The number of hydrogen-bond donors (Lipinski definition) is 2. The first kappa shape index (κ1) is 17.6. The molecular formula is C18H19FN2O3. The summed E-state index contributed by atoms with van der Waals surface area (Å²) in [6, 6.07) is 12.6. The first-order chi connectivity index (χ1) is 11.4. The van der Waals surface area contributed by atoms with Crippen molar-refractivity contribution < 1.29 is 19.1 Å². The molecular weight excluding hydrogens is 311 g/mol. The van der Waals surface area contributed by atoms with Crippen molar-refractivity contribution in [2.24, 2.45) is 0 Å². The van der Waals surface area contributed by atoms with Crippen LogP contribution in [0.1, 0.15) is 28.4 Å². The van der Waals surface area contributed by atoms with E-state index < -0.39 is 23.7 Å². The lowest BCUT2D eigenvalue weighted by Crippen LogP contribution is -2.23. The molecule has 1 atom stereocenters. The molecule has 0 saturated carbocycles. The lowest BCUT2D eigenvalue weighted by atomic mass is 10.1. The molecule has 2 rings (SSSR count). The summed E-state index contributed by atoms with van der Waals surface area (Å²) in [7, 11) is 3.03. The lowest BCUT2D eigenvalue weighted by molar-refractivity contribution is -0.118. The zero-order valence-corrected chi connectivity index (χ0v) is 13.5. The van der Waals surface area contributed by atoms with E-state index >= 15 is 0 Å². The smallest absolute Gasteiger partial charge is 0.256 e. The van der Waals surface area contributed by atoms with Crippen molar-refractivity contribution in [3.63, 3.8) is 0 Å². The number of amides is 2. The Balaban J connectivity index is 2.07. The first-order valence-electron chi connectivity index (χ1n) is 7.42. The van der Waals surface area contributed by atoms with Crippen LogP contribution in [0.25, 0.3) is 0 Å². The molecule has 2 amide bonds. The molecule has 2 N–H and O–H groups in total. The van der Waals surface area contributed by atoms with Gasteiger partial charge in [-0.15, -0.1) is 0 Å². The number of carbonyl (C=O) groups is 2. The molecule has 2 aromatic carbocycles. The predicted molar refractivity (Wildman–Crippen MR) is 89.1 cm³/mol. The SMILES string of the molecule is CN(C)C(=O)c1cc(NC(=O)CC(O)c2ccccc2)ccc1F. The number of rotatable bonds is 5. The summed E-state index contributed by atoms with van der Waals surface area (Å²) < 4.78 is 13.7. The Morgan fingerprint density at radius 2 is 1.83 bits per heavy atom. The summed E-state index contributed by atoms with van der Waals surface area (Å²) in [6.45, 7) is 0. The highest BCUT2D eigenvalue weighted by molar-refractivity contribution is 5.97. The second-order valence-electron chi connectivity index (χ2n) is 5.57. The third-order valence-electron chi connectivity index (χ3n) is 3.45. The fourth-order valence-electron chi connectivity index (χ4n) is 2.19. The summed E-state index contributed by atoms with van der Waals surface area (Å²) in [5, 5.41) is 12.6. The van der Waals surface area contributed by atoms with Gasteiger partial charge in [-0.3, -0.25) is 9.59 Å². The van der Waals surface area contributed by atoms with E-state index in [1.54, 1.807) is 24.3 Å². The van der Waals surface area contributed by atoms with E-state index in [-0.39, 0.29) is 12.0 Å². The van der Waals surface area contributed by atoms with Gasteiger partial charge in [0, 0.05) is 19.8 Å². The topological polar surface area (TPSA) is 69.6 Å². The second kappa shape index (κ2) is 7.70. The molecule has 0 bridgehead atoms. The van der Waals surface area contributed by atoms with Gasteiger partial charge in [-0.1, -0.05) is 30.3 Å². The number of benzene rings is 2. The number of aliphatic hydroxyl groups is 1. The van der Waals surface area contributed by atoms with Gasteiger partial charge in [0.15, 0.2) is 0 Å². The van der Waals surface area contributed by atoms with Crippen LogP contribution < -0.4 is 5.32 Å². The van der Waals surface area contributed by atoms with E-state index in [2.05, 4.69) is 5.32 Å². The molecule has 0 aliphatic rings. The summed E-state index contributed by atoms with van der Waals surface area (Å²) in [5.74, 6) is -1.58. The number of hydrogen-bond acceptors (Lipinski definition) is 3. The molecule has 5 nitrogen and oxygen atoms in total. The predicted octanol–water partition coefficient (Wildman–Crippen LogP) is 2.59. The molecule has 0 fully saturated rings. The average Bonchev–Trinajstić information content (AvgIpc) is 2.56. The molecule has 126 valence electrons. The highest BCUT2D eigenvalue weighted by Gasteiger charge is 2.16. The van der Waals surface area contributed by atoms with E-state index in [9.17, 15) is 19.1 Å². The van der Waals surface area contributed by atoms with Crippen molar-refractivity contribution in [2.45, 2.75) is 12.5 Å². The monoisotopic (exact) mass is 330 g/mol. The Labute approximate surface area is 139 Å². The van der Waals surface area contributed by atoms with Gasteiger partial charge in [0.1, 0.15) is 5.82 Å². The van der Waals surface area contributed by atoms with Crippen LogP contribution in [0.2, 0.25) is 0 Å². The van der Waals surface area contributed by atoms with Crippen LogP contribution in [0, 0.1) is 5.82 Å². The molecule has 0 spiro atoms. The van der Waals surface area contributed by atoms with Crippen LogP contribution in [0.4, 0.5) is 10.1 Å². The van der Waals surface area contributed by atoms with Crippen molar-refractivity contribution in [3.05, 3.63) is 65.5 Å². The highest BCUT2D eigenvalue weighted by Crippen LogP contribution is 2.19. The lowest BCUT2D eigenvalue weighted by Gasteiger charge is -2.14. The number of aliphatic hydroxyl groups excluding tert-OH is 1. The van der Waals surface area contributed by atoms with Crippen LogP contribution >= 0.6 is 0 Å². The van der Waals surface area contributed by atoms with Crippen LogP contribution in [0.3, 0.4) is 0 Å². The van der Waals surface area contributed by atoms with Gasteiger partial charge in [0.25, 0.3) is 5.91 Å². The van der Waals surface area contributed by atoms with Gasteiger partial charge in [-0.25, -0.2) is 4.39 Å². The van der Waals surface area contributed by atoms with Gasteiger partial charge in [-0.2, -0.15) is 0 Å². The van der Waals surface area contributed by atoms with Crippen LogP contribution in [-0.4, -0.2) is 35.9 Å².